The van der Waals surface area contributed by atoms with E-state index >= 15 is 0 Å². The average molecular weight is 318 g/mol. The van der Waals surface area contributed by atoms with Crippen molar-refractivity contribution < 1.29 is 9.53 Å². The molecule has 0 unspecified atom stereocenters. The van der Waals surface area contributed by atoms with E-state index < -0.39 is 0 Å². The molecular weight excluding hydrogens is 288 g/mol. The number of nitrogens with two attached hydrogens (primary N) is 1. The second-order valence-electron chi connectivity index (χ2n) is 7.48. The molecule has 23 heavy (non-hydrogen) atoms. The molecule has 4 nitrogen and oxygen atoms in total. The molecule has 2 N–H and O–H groups in total. The molecule has 0 radical (unpaired) electrons. The van der Waals surface area contributed by atoms with E-state index in [1.807, 2.05) is 6.07 Å². The predicted octanol–water partition coefficient (Wildman–Crippen LogP) is 3.66. The second-order valence-corrected chi connectivity index (χ2v) is 7.48. The van der Waals surface area contributed by atoms with E-state index in [1.54, 1.807) is 0 Å². The van der Waals surface area contributed by atoms with Crippen LogP contribution in [0, 0.1) is 17.8 Å². The Morgan fingerprint density at radius 1 is 1.26 bits per heavy atom. The molecule has 0 aliphatic heterocycles. The van der Waals surface area contributed by atoms with Crippen LogP contribution in [0.5, 0.6) is 0 Å². The fourth-order valence-electron chi connectivity index (χ4n) is 3.22. The van der Waals surface area contributed by atoms with Crippen LogP contribution in [0.4, 0.5) is 11.4 Å². The zero-order valence-corrected chi connectivity index (χ0v) is 15.0. The molecule has 0 bridgehead atoms. The maximum absolute atomic E-state index is 11.6. The Balaban J connectivity index is 2.16. The van der Waals surface area contributed by atoms with Gasteiger partial charge in [0.1, 0.15) is 0 Å². The lowest BCUT2D eigenvalue weighted by Gasteiger charge is -2.30. The summed E-state index contributed by atoms with van der Waals surface area (Å²) in [5.74, 6) is 1.33. The summed E-state index contributed by atoms with van der Waals surface area (Å²) in [6, 6.07) is 6.27. The molecule has 1 fully saturated rings. The fraction of sp³-hybridized carbons (Fsp3) is 0.632. The quantitative estimate of drug-likeness (QED) is 0.616. The van der Waals surface area contributed by atoms with Crippen molar-refractivity contribution >= 4 is 17.3 Å². The molecule has 0 aromatic heterocycles. The van der Waals surface area contributed by atoms with Crippen LogP contribution in [0.15, 0.2) is 18.2 Å². The van der Waals surface area contributed by atoms with E-state index in [-0.39, 0.29) is 17.8 Å². The molecule has 4 heteroatoms. The SMILES string of the molecule is COC(=O)[C@@H]1C[C@@H]1c1ccc(N(CC(C)C)CC(C)C)c(N)c1. The lowest BCUT2D eigenvalue weighted by molar-refractivity contribution is -0.142. The molecule has 0 amide bonds. The van der Waals surface area contributed by atoms with Crippen molar-refractivity contribution in [3.63, 3.8) is 0 Å². The van der Waals surface area contributed by atoms with Crippen LogP contribution in [-0.2, 0) is 9.53 Å². The average Bonchev–Trinajstić information content (AvgIpc) is 3.25. The topological polar surface area (TPSA) is 55.6 Å². The van der Waals surface area contributed by atoms with E-state index in [0.29, 0.717) is 11.8 Å². The van der Waals surface area contributed by atoms with Gasteiger partial charge in [0, 0.05) is 13.1 Å². The molecule has 0 spiro atoms. The maximum Gasteiger partial charge on any atom is 0.309 e. The zero-order valence-electron chi connectivity index (χ0n) is 15.0. The highest BCUT2D eigenvalue weighted by Gasteiger charge is 2.45. The van der Waals surface area contributed by atoms with Gasteiger partial charge < -0.3 is 15.4 Å². The first kappa shape index (κ1) is 17.6. The van der Waals surface area contributed by atoms with Crippen molar-refractivity contribution in [1.29, 1.82) is 0 Å². The van der Waals surface area contributed by atoms with E-state index in [1.165, 1.54) is 7.11 Å². The first-order valence-electron chi connectivity index (χ1n) is 8.55. The van der Waals surface area contributed by atoms with Crippen LogP contribution in [0.2, 0.25) is 0 Å². The van der Waals surface area contributed by atoms with Crippen molar-refractivity contribution in [3.05, 3.63) is 23.8 Å². The number of carbonyl (C=O) groups is 1. The second kappa shape index (κ2) is 7.24. The number of ether oxygens (including phenoxy) is 1. The van der Waals surface area contributed by atoms with E-state index in [9.17, 15) is 4.79 Å². The summed E-state index contributed by atoms with van der Waals surface area (Å²) in [7, 11) is 1.45. The number of esters is 1. The Morgan fingerprint density at radius 2 is 1.87 bits per heavy atom. The van der Waals surface area contributed by atoms with Gasteiger partial charge >= 0.3 is 5.97 Å². The number of benzene rings is 1. The summed E-state index contributed by atoms with van der Waals surface area (Å²) in [4.78, 5) is 14.0. The van der Waals surface area contributed by atoms with Crippen LogP contribution >= 0.6 is 0 Å². The van der Waals surface area contributed by atoms with Gasteiger partial charge in [0.25, 0.3) is 0 Å². The highest BCUT2D eigenvalue weighted by atomic mass is 16.5. The zero-order chi connectivity index (χ0) is 17.1. The van der Waals surface area contributed by atoms with Gasteiger partial charge in [0.05, 0.1) is 24.4 Å². The number of nitrogens with zero attached hydrogens (tertiary/aromatic N) is 1. The molecular formula is C19H30N2O2. The molecule has 0 saturated heterocycles. The van der Waals surface area contributed by atoms with Crippen molar-refractivity contribution in [1.82, 2.24) is 0 Å². The predicted molar refractivity (Wildman–Crippen MR) is 95.6 cm³/mol. The third-order valence-corrected chi connectivity index (χ3v) is 4.29. The van der Waals surface area contributed by atoms with Crippen molar-refractivity contribution in [2.45, 2.75) is 40.0 Å². The molecule has 1 aliphatic carbocycles. The van der Waals surface area contributed by atoms with Crippen LogP contribution in [0.1, 0.15) is 45.6 Å². The highest BCUT2D eigenvalue weighted by molar-refractivity contribution is 5.78. The third-order valence-electron chi connectivity index (χ3n) is 4.29. The minimum absolute atomic E-state index is 0.00711. The van der Waals surface area contributed by atoms with Gasteiger partial charge in [-0.25, -0.2) is 0 Å². The molecule has 2 atom stereocenters. The number of rotatable bonds is 7. The van der Waals surface area contributed by atoms with Gasteiger partial charge in [-0.15, -0.1) is 0 Å². The summed E-state index contributed by atoms with van der Waals surface area (Å²) in [5.41, 5.74) is 9.39. The molecule has 0 heterocycles. The van der Waals surface area contributed by atoms with Gasteiger partial charge in [-0.05, 0) is 41.9 Å². The molecule has 1 saturated carbocycles. The minimum Gasteiger partial charge on any atom is -0.469 e. The number of nitrogen functional groups attached to an aromatic ring is 1. The van der Waals surface area contributed by atoms with Crippen molar-refractivity contribution in [2.75, 3.05) is 30.8 Å². The fourth-order valence-corrected chi connectivity index (χ4v) is 3.22. The molecule has 2 rings (SSSR count). The Labute approximate surface area is 140 Å². The first-order valence-corrected chi connectivity index (χ1v) is 8.55. The normalized spacial score (nSPS) is 20.0. The van der Waals surface area contributed by atoms with E-state index in [2.05, 4.69) is 44.7 Å². The van der Waals surface area contributed by atoms with Crippen LogP contribution in [-0.4, -0.2) is 26.2 Å². The number of methoxy groups -OCH3 is 1. The highest BCUT2D eigenvalue weighted by Crippen LogP contribution is 2.49. The smallest absolute Gasteiger partial charge is 0.309 e. The number of anilines is 2. The minimum atomic E-state index is -0.112. The number of hydrogen-bond acceptors (Lipinski definition) is 4. The lowest BCUT2D eigenvalue weighted by Crippen LogP contribution is -2.31. The Bertz CT molecular complexity index is 544. The molecule has 1 aromatic rings. The molecule has 1 aromatic carbocycles. The monoisotopic (exact) mass is 318 g/mol. The summed E-state index contributed by atoms with van der Waals surface area (Å²) in [5, 5.41) is 0. The van der Waals surface area contributed by atoms with Gasteiger partial charge in [0.2, 0.25) is 0 Å². The number of carbonyl (C=O) groups excluding carboxylic acids is 1. The Morgan fingerprint density at radius 3 is 2.35 bits per heavy atom. The standard InChI is InChI=1S/C19H30N2O2/c1-12(2)10-21(11-13(3)4)18-7-6-14(8-17(18)20)15-9-16(15)19(22)23-5/h6-8,12-13,15-16H,9-11,20H2,1-5H3/t15-,16-/m1/s1. The molecule has 1 aliphatic rings. The summed E-state index contributed by atoms with van der Waals surface area (Å²) in [6.07, 6.45) is 0.868. The Hall–Kier alpha value is -1.71. The summed E-state index contributed by atoms with van der Waals surface area (Å²) in [6.45, 7) is 10.9. The summed E-state index contributed by atoms with van der Waals surface area (Å²) >= 11 is 0. The van der Waals surface area contributed by atoms with Gasteiger partial charge in [-0.1, -0.05) is 33.8 Å². The van der Waals surface area contributed by atoms with Gasteiger partial charge in [0.15, 0.2) is 0 Å². The van der Waals surface area contributed by atoms with E-state index in [4.69, 9.17) is 10.5 Å². The summed E-state index contributed by atoms with van der Waals surface area (Å²) < 4.78 is 4.83. The third kappa shape index (κ3) is 4.40. The Kier molecular flexibility index (Phi) is 5.55. The number of hydrogen-bond donors (Lipinski definition) is 1. The van der Waals surface area contributed by atoms with Crippen LogP contribution in [0.3, 0.4) is 0 Å². The largest absolute Gasteiger partial charge is 0.469 e. The van der Waals surface area contributed by atoms with Crippen LogP contribution in [0.25, 0.3) is 0 Å². The van der Waals surface area contributed by atoms with E-state index in [0.717, 1.165) is 36.4 Å². The molecule has 128 valence electrons. The first-order chi connectivity index (χ1) is 10.8. The van der Waals surface area contributed by atoms with Gasteiger partial charge in [-0.2, -0.15) is 0 Å². The maximum atomic E-state index is 11.6. The van der Waals surface area contributed by atoms with Crippen molar-refractivity contribution in [2.24, 2.45) is 17.8 Å². The van der Waals surface area contributed by atoms with Crippen molar-refractivity contribution in [3.8, 4) is 0 Å². The van der Waals surface area contributed by atoms with Gasteiger partial charge in [-0.3, -0.25) is 4.79 Å². The van der Waals surface area contributed by atoms with Crippen LogP contribution < -0.4 is 10.6 Å². The lowest BCUT2D eigenvalue weighted by atomic mass is 10.0.